The van der Waals surface area contributed by atoms with E-state index >= 15 is 0 Å². The minimum Gasteiger partial charge on any atom is -0.327 e. The molecule has 1 unspecified atom stereocenters. The second-order valence-corrected chi connectivity index (χ2v) is 8.03. The number of carbonyl (C=O) groups is 3. The number of hydrogen-bond donors (Lipinski definition) is 0. The molecule has 0 aromatic heterocycles. The molecular weight excluding hydrogens is 323 g/mol. The topological polar surface area (TPSA) is 57.7 Å². The lowest BCUT2D eigenvalue weighted by Gasteiger charge is -2.30. The molecule has 2 aliphatic rings. The standard InChI is InChI=1S/C19H23FN2O3/c1-19(2,3)11-17(24)21(13-8-9-13)15-10-16(23)22(18(15)25)14-6-4-12(20)5-7-14/h4-7,13,15H,8-11H2,1-3H3. The first-order chi connectivity index (χ1) is 11.7. The molecule has 1 saturated heterocycles. The summed E-state index contributed by atoms with van der Waals surface area (Å²) in [5, 5.41) is 0. The van der Waals surface area contributed by atoms with Gasteiger partial charge in [-0.25, -0.2) is 9.29 Å². The molecule has 0 radical (unpaired) electrons. The summed E-state index contributed by atoms with van der Waals surface area (Å²) in [6.07, 6.45) is 2.05. The summed E-state index contributed by atoms with van der Waals surface area (Å²) in [5.41, 5.74) is 0.157. The van der Waals surface area contributed by atoms with Crippen LogP contribution in [-0.4, -0.2) is 34.7 Å². The Balaban J connectivity index is 1.84. The summed E-state index contributed by atoms with van der Waals surface area (Å²) >= 11 is 0. The van der Waals surface area contributed by atoms with Crippen LogP contribution >= 0.6 is 0 Å². The molecule has 1 atom stereocenters. The Morgan fingerprint density at radius 3 is 2.32 bits per heavy atom. The van der Waals surface area contributed by atoms with Crippen molar-refractivity contribution in [2.24, 2.45) is 5.41 Å². The van der Waals surface area contributed by atoms with E-state index < -0.39 is 17.8 Å². The quantitative estimate of drug-likeness (QED) is 0.788. The third-order valence-corrected chi connectivity index (χ3v) is 4.45. The van der Waals surface area contributed by atoms with Gasteiger partial charge in [-0.05, 0) is 42.5 Å². The van der Waals surface area contributed by atoms with E-state index in [-0.39, 0.29) is 29.7 Å². The normalized spacial score (nSPS) is 21.0. The Morgan fingerprint density at radius 1 is 1.20 bits per heavy atom. The van der Waals surface area contributed by atoms with Crippen molar-refractivity contribution in [3.05, 3.63) is 30.1 Å². The first kappa shape index (κ1) is 17.6. The maximum atomic E-state index is 13.1. The van der Waals surface area contributed by atoms with Crippen LogP contribution in [0.1, 0.15) is 46.5 Å². The highest BCUT2D eigenvalue weighted by Crippen LogP contribution is 2.36. The van der Waals surface area contributed by atoms with Gasteiger partial charge in [-0.15, -0.1) is 0 Å². The highest BCUT2D eigenvalue weighted by atomic mass is 19.1. The van der Waals surface area contributed by atoms with E-state index in [0.717, 1.165) is 17.7 Å². The van der Waals surface area contributed by atoms with Gasteiger partial charge < -0.3 is 4.90 Å². The molecular formula is C19H23FN2O3. The monoisotopic (exact) mass is 346 g/mol. The molecule has 2 fully saturated rings. The number of hydrogen-bond acceptors (Lipinski definition) is 3. The molecule has 5 nitrogen and oxygen atoms in total. The lowest BCUT2D eigenvalue weighted by molar-refractivity contribution is -0.140. The van der Waals surface area contributed by atoms with Crippen molar-refractivity contribution < 1.29 is 18.8 Å². The van der Waals surface area contributed by atoms with Crippen molar-refractivity contribution in [2.75, 3.05) is 4.90 Å². The number of imide groups is 1. The van der Waals surface area contributed by atoms with Gasteiger partial charge in [0.15, 0.2) is 0 Å². The first-order valence-corrected chi connectivity index (χ1v) is 8.61. The molecule has 0 spiro atoms. The van der Waals surface area contributed by atoms with Gasteiger partial charge in [0.1, 0.15) is 11.9 Å². The van der Waals surface area contributed by atoms with Crippen molar-refractivity contribution in [2.45, 2.75) is 58.5 Å². The van der Waals surface area contributed by atoms with Crippen LogP contribution < -0.4 is 4.90 Å². The largest absolute Gasteiger partial charge is 0.327 e. The van der Waals surface area contributed by atoms with E-state index in [1.807, 2.05) is 20.8 Å². The van der Waals surface area contributed by atoms with E-state index in [9.17, 15) is 18.8 Å². The molecule has 3 rings (SSSR count). The number of carbonyl (C=O) groups excluding carboxylic acids is 3. The molecule has 1 aromatic carbocycles. The van der Waals surface area contributed by atoms with Crippen LogP contribution in [0.4, 0.5) is 10.1 Å². The van der Waals surface area contributed by atoms with E-state index in [0.29, 0.717) is 12.1 Å². The fraction of sp³-hybridized carbons (Fsp3) is 0.526. The van der Waals surface area contributed by atoms with Gasteiger partial charge >= 0.3 is 0 Å². The molecule has 25 heavy (non-hydrogen) atoms. The molecule has 0 N–H and O–H groups in total. The minimum absolute atomic E-state index is 0.0113. The summed E-state index contributed by atoms with van der Waals surface area (Å²) in [7, 11) is 0. The Kier molecular flexibility index (Phi) is 4.39. The molecule has 1 saturated carbocycles. The van der Waals surface area contributed by atoms with Gasteiger partial charge in [-0.1, -0.05) is 20.8 Å². The van der Waals surface area contributed by atoms with E-state index in [1.165, 1.54) is 24.3 Å². The lowest BCUT2D eigenvalue weighted by Crippen LogP contribution is -2.47. The van der Waals surface area contributed by atoms with Gasteiger partial charge in [-0.2, -0.15) is 0 Å². The number of benzene rings is 1. The zero-order valence-electron chi connectivity index (χ0n) is 14.8. The van der Waals surface area contributed by atoms with Crippen molar-refractivity contribution >= 4 is 23.4 Å². The summed E-state index contributed by atoms with van der Waals surface area (Å²) in [6, 6.07) is 4.54. The fourth-order valence-corrected chi connectivity index (χ4v) is 3.22. The number of halogens is 1. The summed E-state index contributed by atoms with van der Waals surface area (Å²) in [4.78, 5) is 40.7. The minimum atomic E-state index is -0.750. The van der Waals surface area contributed by atoms with Crippen LogP contribution in [0.25, 0.3) is 0 Å². The third-order valence-electron chi connectivity index (χ3n) is 4.45. The summed E-state index contributed by atoms with van der Waals surface area (Å²) < 4.78 is 13.1. The van der Waals surface area contributed by atoms with Crippen LogP contribution in [0.15, 0.2) is 24.3 Å². The summed E-state index contributed by atoms with van der Waals surface area (Å²) in [6.45, 7) is 5.92. The zero-order chi connectivity index (χ0) is 18.4. The second kappa shape index (κ2) is 6.24. The predicted molar refractivity (Wildman–Crippen MR) is 91.2 cm³/mol. The van der Waals surface area contributed by atoms with Gasteiger partial charge in [0.05, 0.1) is 12.1 Å². The lowest BCUT2D eigenvalue weighted by atomic mass is 9.91. The molecule has 3 amide bonds. The highest BCUT2D eigenvalue weighted by Gasteiger charge is 2.48. The fourth-order valence-electron chi connectivity index (χ4n) is 3.22. The molecule has 1 heterocycles. The van der Waals surface area contributed by atoms with E-state index in [2.05, 4.69) is 0 Å². The van der Waals surface area contributed by atoms with Gasteiger partial charge in [0.25, 0.3) is 5.91 Å². The van der Waals surface area contributed by atoms with Crippen LogP contribution in [0, 0.1) is 11.2 Å². The van der Waals surface area contributed by atoms with E-state index in [4.69, 9.17) is 0 Å². The van der Waals surface area contributed by atoms with Gasteiger partial charge in [-0.3, -0.25) is 14.4 Å². The van der Waals surface area contributed by atoms with Gasteiger partial charge in [0.2, 0.25) is 11.8 Å². The molecule has 1 aromatic rings. The Bertz CT molecular complexity index is 704. The number of amides is 3. The Morgan fingerprint density at radius 2 is 1.80 bits per heavy atom. The van der Waals surface area contributed by atoms with Crippen LogP contribution in [0.5, 0.6) is 0 Å². The van der Waals surface area contributed by atoms with E-state index in [1.54, 1.807) is 4.90 Å². The predicted octanol–water partition coefficient (Wildman–Crippen LogP) is 2.88. The van der Waals surface area contributed by atoms with Crippen molar-refractivity contribution in [3.63, 3.8) is 0 Å². The third kappa shape index (κ3) is 3.72. The summed E-state index contributed by atoms with van der Waals surface area (Å²) in [5.74, 6) is -1.26. The molecule has 134 valence electrons. The Hall–Kier alpha value is -2.24. The highest BCUT2D eigenvalue weighted by molar-refractivity contribution is 6.23. The second-order valence-electron chi connectivity index (χ2n) is 8.03. The Labute approximate surface area is 146 Å². The maximum absolute atomic E-state index is 13.1. The maximum Gasteiger partial charge on any atom is 0.257 e. The number of rotatable bonds is 4. The van der Waals surface area contributed by atoms with Crippen molar-refractivity contribution in [3.8, 4) is 0 Å². The number of anilines is 1. The van der Waals surface area contributed by atoms with Crippen molar-refractivity contribution in [1.29, 1.82) is 0 Å². The van der Waals surface area contributed by atoms with Crippen molar-refractivity contribution in [1.82, 2.24) is 4.90 Å². The SMILES string of the molecule is CC(C)(C)CC(=O)N(C1CC1)C1CC(=O)N(c2ccc(F)cc2)C1=O. The zero-order valence-corrected chi connectivity index (χ0v) is 14.8. The van der Waals surface area contributed by atoms with Crippen LogP contribution in [-0.2, 0) is 14.4 Å². The number of nitrogens with zero attached hydrogens (tertiary/aromatic N) is 2. The van der Waals surface area contributed by atoms with Crippen LogP contribution in [0.2, 0.25) is 0 Å². The smallest absolute Gasteiger partial charge is 0.257 e. The first-order valence-electron chi connectivity index (χ1n) is 8.61. The average molecular weight is 346 g/mol. The van der Waals surface area contributed by atoms with Gasteiger partial charge in [0, 0.05) is 12.5 Å². The molecule has 1 aliphatic carbocycles. The molecule has 1 aliphatic heterocycles. The van der Waals surface area contributed by atoms with Crippen LogP contribution in [0.3, 0.4) is 0 Å². The average Bonchev–Trinajstić information content (AvgIpc) is 3.27. The molecule has 6 heteroatoms. The molecule has 0 bridgehead atoms.